The van der Waals surface area contributed by atoms with Gasteiger partial charge in [0.2, 0.25) is 5.91 Å². The predicted octanol–water partition coefficient (Wildman–Crippen LogP) is 2.32. The third kappa shape index (κ3) is 4.54. The van der Waals surface area contributed by atoms with Gasteiger partial charge in [-0.3, -0.25) is 9.59 Å². The largest absolute Gasteiger partial charge is 0.368 e. The van der Waals surface area contributed by atoms with Crippen LogP contribution in [0.25, 0.3) is 0 Å². The van der Waals surface area contributed by atoms with E-state index in [2.05, 4.69) is 26.2 Å². The number of aromatic nitrogens is 1. The number of hydrogen-bond acceptors (Lipinski definition) is 3. The lowest BCUT2D eigenvalue weighted by Crippen LogP contribution is -2.45. The van der Waals surface area contributed by atoms with E-state index in [-0.39, 0.29) is 12.3 Å². The monoisotopic (exact) mass is 381 g/mol. The number of hydrogen-bond donors (Lipinski definition) is 2. The van der Waals surface area contributed by atoms with Gasteiger partial charge >= 0.3 is 0 Å². The number of nitrogens with one attached hydrogen (secondary N) is 1. The summed E-state index contributed by atoms with van der Waals surface area (Å²) in [5.41, 5.74) is 6.55. The number of primary amides is 1. The van der Waals surface area contributed by atoms with Crippen molar-refractivity contribution in [1.82, 2.24) is 10.3 Å². The Morgan fingerprint density at radius 2 is 2.09 bits per heavy atom. The Kier molecular flexibility index (Phi) is 5.51. The van der Waals surface area contributed by atoms with E-state index in [0.29, 0.717) is 10.7 Å². The van der Waals surface area contributed by atoms with Gasteiger partial charge in [0.05, 0.1) is 0 Å². The minimum absolute atomic E-state index is 0.249. The number of rotatable bonds is 5. The van der Waals surface area contributed by atoms with Gasteiger partial charge in [-0.15, -0.1) is 0 Å². The fraction of sp³-hybridized carbons (Fsp3) is 0.133. The Hall–Kier alpha value is -1.92. The summed E-state index contributed by atoms with van der Waals surface area (Å²) in [7, 11) is 0. The lowest BCUT2D eigenvalue weighted by atomic mass is 10.1. The van der Waals surface area contributed by atoms with Gasteiger partial charge in [0.15, 0.2) is 0 Å². The number of carbonyl (C=O) groups is 2. The van der Waals surface area contributed by atoms with E-state index in [9.17, 15) is 9.59 Å². The van der Waals surface area contributed by atoms with Gasteiger partial charge in [0.1, 0.15) is 11.2 Å². The normalized spacial score (nSPS) is 11.7. The average Bonchev–Trinajstić information content (AvgIpc) is 2.48. The quantitative estimate of drug-likeness (QED) is 0.778. The maximum Gasteiger partial charge on any atom is 0.251 e. The third-order valence-corrected chi connectivity index (χ3v) is 3.68. The molecule has 0 saturated heterocycles. The molecule has 0 bridgehead atoms. The molecule has 5 nitrogen and oxygen atoms in total. The number of amides is 2. The summed E-state index contributed by atoms with van der Waals surface area (Å²) in [6, 6.07) is 9.39. The molecule has 2 amide bonds. The number of pyridine rings is 1. The van der Waals surface area contributed by atoms with E-state index >= 15 is 0 Å². The minimum atomic E-state index is -0.825. The van der Waals surface area contributed by atoms with Crippen LogP contribution in [0.4, 0.5) is 0 Å². The van der Waals surface area contributed by atoms with Crippen molar-refractivity contribution in [2.45, 2.75) is 12.5 Å². The summed E-state index contributed by atoms with van der Waals surface area (Å²) in [5.74, 6) is -0.981. The van der Waals surface area contributed by atoms with Gasteiger partial charge in [-0.05, 0) is 29.8 Å². The molecule has 0 spiro atoms. The molecular formula is C15H13BrClN3O2. The van der Waals surface area contributed by atoms with Crippen molar-refractivity contribution in [2.75, 3.05) is 0 Å². The summed E-state index contributed by atoms with van der Waals surface area (Å²) < 4.78 is 0.776. The summed E-state index contributed by atoms with van der Waals surface area (Å²) in [4.78, 5) is 27.7. The molecule has 1 aromatic carbocycles. The standard InChI is InChI=1S/C15H13BrClN3O2/c16-11-3-1-2-10(7-11)15(22)20-12(14(18)21)6-9-4-5-13(17)19-8-9/h1-5,7-8,12H,6H2,(H2,18,21)(H,20,22)/t12-/m0/s1. The molecule has 0 aliphatic carbocycles. The lowest BCUT2D eigenvalue weighted by Gasteiger charge is -2.15. The Morgan fingerprint density at radius 3 is 2.68 bits per heavy atom. The van der Waals surface area contributed by atoms with Crippen molar-refractivity contribution in [3.05, 3.63) is 63.3 Å². The molecule has 2 rings (SSSR count). The molecule has 0 unspecified atom stereocenters. The number of carbonyl (C=O) groups excluding carboxylic acids is 2. The zero-order valence-electron chi connectivity index (χ0n) is 11.4. The average molecular weight is 383 g/mol. The fourth-order valence-electron chi connectivity index (χ4n) is 1.86. The molecule has 22 heavy (non-hydrogen) atoms. The van der Waals surface area contributed by atoms with Crippen molar-refractivity contribution in [3.8, 4) is 0 Å². The van der Waals surface area contributed by atoms with Crippen LogP contribution in [0.1, 0.15) is 15.9 Å². The zero-order chi connectivity index (χ0) is 16.1. The molecular weight excluding hydrogens is 370 g/mol. The second kappa shape index (κ2) is 7.38. The highest BCUT2D eigenvalue weighted by atomic mass is 79.9. The molecule has 7 heteroatoms. The van der Waals surface area contributed by atoms with E-state index < -0.39 is 11.9 Å². The van der Waals surface area contributed by atoms with Crippen molar-refractivity contribution in [1.29, 1.82) is 0 Å². The smallest absolute Gasteiger partial charge is 0.251 e. The number of nitrogens with two attached hydrogens (primary N) is 1. The molecule has 1 aromatic heterocycles. The van der Waals surface area contributed by atoms with Crippen LogP contribution in [0, 0.1) is 0 Å². The third-order valence-electron chi connectivity index (χ3n) is 2.96. The van der Waals surface area contributed by atoms with E-state index in [1.807, 2.05) is 6.07 Å². The Balaban J connectivity index is 2.10. The number of halogens is 2. The SMILES string of the molecule is NC(=O)[C@H](Cc1ccc(Cl)nc1)NC(=O)c1cccc(Br)c1. The van der Waals surface area contributed by atoms with Gasteiger partial charge in [0, 0.05) is 22.7 Å². The van der Waals surface area contributed by atoms with Crippen LogP contribution in [-0.2, 0) is 11.2 Å². The molecule has 0 aliphatic rings. The van der Waals surface area contributed by atoms with Crippen LogP contribution < -0.4 is 11.1 Å². The van der Waals surface area contributed by atoms with Gasteiger partial charge in [-0.2, -0.15) is 0 Å². The van der Waals surface area contributed by atoms with Crippen molar-refractivity contribution >= 4 is 39.3 Å². The zero-order valence-corrected chi connectivity index (χ0v) is 13.8. The van der Waals surface area contributed by atoms with Crippen LogP contribution in [0.15, 0.2) is 47.1 Å². The summed E-state index contributed by atoms with van der Waals surface area (Å²) in [5, 5.41) is 2.99. The van der Waals surface area contributed by atoms with Gasteiger partial charge < -0.3 is 11.1 Å². The highest BCUT2D eigenvalue weighted by Crippen LogP contribution is 2.12. The second-order valence-electron chi connectivity index (χ2n) is 4.63. The number of benzene rings is 1. The molecule has 2 aromatic rings. The highest BCUT2D eigenvalue weighted by Gasteiger charge is 2.19. The fourth-order valence-corrected chi connectivity index (χ4v) is 2.37. The van der Waals surface area contributed by atoms with Crippen LogP contribution in [0.5, 0.6) is 0 Å². The topological polar surface area (TPSA) is 85.1 Å². The summed E-state index contributed by atoms with van der Waals surface area (Å²) in [6.45, 7) is 0. The minimum Gasteiger partial charge on any atom is -0.368 e. The maximum atomic E-state index is 12.2. The molecule has 1 heterocycles. The van der Waals surface area contributed by atoms with Gasteiger partial charge in [-0.25, -0.2) is 4.98 Å². The molecule has 0 saturated carbocycles. The van der Waals surface area contributed by atoms with Crippen LogP contribution in [-0.4, -0.2) is 22.8 Å². The number of nitrogens with zero attached hydrogens (tertiary/aromatic N) is 1. The Bertz CT molecular complexity index is 691. The molecule has 1 atom stereocenters. The molecule has 3 N–H and O–H groups in total. The molecule has 114 valence electrons. The predicted molar refractivity (Wildman–Crippen MR) is 87.5 cm³/mol. The van der Waals surface area contributed by atoms with Crippen molar-refractivity contribution in [3.63, 3.8) is 0 Å². The first-order valence-corrected chi connectivity index (χ1v) is 7.59. The van der Waals surface area contributed by atoms with Gasteiger partial charge in [0.25, 0.3) is 5.91 Å². The summed E-state index contributed by atoms with van der Waals surface area (Å²) in [6.07, 6.45) is 1.79. The van der Waals surface area contributed by atoms with Gasteiger partial charge in [-0.1, -0.05) is 39.7 Å². The van der Waals surface area contributed by atoms with Crippen LogP contribution >= 0.6 is 27.5 Å². The van der Waals surface area contributed by atoms with E-state index in [4.69, 9.17) is 17.3 Å². The van der Waals surface area contributed by atoms with Crippen molar-refractivity contribution < 1.29 is 9.59 Å². The molecule has 0 fully saturated rings. The first-order valence-electron chi connectivity index (χ1n) is 6.42. The lowest BCUT2D eigenvalue weighted by molar-refractivity contribution is -0.119. The Labute approximate surface area is 141 Å². The van der Waals surface area contributed by atoms with E-state index in [1.54, 1.807) is 36.5 Å². The maximum absolute atomic E-state index is 12.2. The van der Waals surface area contributed by atoms with Crippen LogP contribution in [0.3, 0.4) is 0 Å². The molecule has 0 aliphatic heterocycles. The summed E-state index contributed by atoms with van der Waals surface area (Å²) >= 11 is 9.01. The first-order chi connectivity index (χ1) is 10.5. The van der Waals surface area contributed by atoms with Crippen LogP contribution in [0.2, 0.25) is 5.15 Å². The van der Waals surface area contributed by atoms with E-state index in [1.165, 1.54) is 0 Å². The second-order valence-corrected chi connectivity index (χ2v) is 5.93. The highest BCUT2D eigenvalue weighted by molar-refractivity contribution is 9.10. The van der Waals surface area contributed by atoms with Crippen molar-refractivity contribution in [2.24, 2.45) is 5.73 Å². The molecule has 0 radical (unpaired) electrons. The first kappa shape index (κ1) is 16.5. The Morgan fingerprint density at radius 1 is 1.32 bits per heavy atom. The van der Waals surface area contributed by atoms with E-state index in [0.717, 1.165) is 10.0 Å².